The van der Waals surface area contributed by atoms with Gasteiger partial charge in [0, 0.05) is 22.6 Å². The molecule has 0 aromatic heterocycles. The monoisotopic (exact) mass is 255 g/mol. The lowest BCUT2D eigenvalue weighted by Gasteiger charge is -2.01. The van der Waals surface area contributed by atoms with Gasteiger partial charge in [-0.25, -0.2) is 4.40 Å². The van der Waals surface area contributed by atoms with Gasteiger partial charge in [-0.15, -0.1) is 0 Å². The van der Waals surface area contributed by atoms with Crippen molar-refractivity contribution < 1.29 is 0 Å². The zero-order chi connectivity index (χ0) is 12.6. The molecule has 0 heterocycles. The number of aryl methyl sites for hydroxylation is 1. The third kappa shape index (κ3) is 4.38. The van der Waals surface area contributed by atoms with Crippen molar-refractivity contribution in [3.05, 3.63) is 66.2 Å². The van der Waals surface area contributed by atoms with Crippen molar-refractivity contribution in [2.45, 2.75) is 24.7 Å². The summed E-state index contributed by atoms with van der Waals surface area (Å²) in [4.78, 5) is 1.19. The summed E-state index contributed by atoms with van der Waals surface area (Å²) in [6, 6.07) is 20.8. The third-order valence-electron chi connectivity index (χ3n) is 2.67. The van der Waals surface area contributed by atoms with Crippen molar-refractivity contribution in [3.8, 4) is 0 Å². The second kappa shape index (κ2) is 7.02. The molecule has 18 heavy (non-hydrogen) atoms. The maximum absolute atomic E-state index is 4.54. The number of benzene rings is 2. The van der Waals surface area contributed by atoms with E-state index in [1.54, 1.807) is 11.9 Å². The maximum Gasteiger partial charge on any atom is 0.0305 e. The topological polar surface area (TPSA) is 12.4 Å². The quantitative estimate of drug-likeness (QED) is 0.553. The van der Waals surface area contributed by atoms with Crippen molar-refractivity contribution in [1.82, 2.24) is 0 Å². The molecule has 0 aliphatic heterocycles. The van der Waals surface area contributed by atoms with Gasteiger partial charge in [-0.1, -0.05) is 48.5 Å². The summed E-state index contributed by atoms with van der Waals surface area (Å²) < 4.78 is 4.54. The molecule has 0 amide bonds. The number of hydrogen-bond donors (Lipinski definition) is 0. The van der Waals surface area contributed by atoms with Crippen LogP contribution in [-0.2, 0) is 6.42 Å². The Balaban J connectivity index is 1.83. The van der Waals surface area contributed by atoms with Crippen LogP contribution in [0.5, 0.6) is 0 Å². The number of rotatable bonds is 5. The van der Waals surface area contributed by atoms with Crippen molar-refractivity contribution >= 4 is 17.7 Å². The largest absolute Gasteiger partial charge is 0.221 e. The molecule has 0 bridgehead atoms. The summed E-state index contributed by atoms with van der Waals surface area (Å²) >= 11 is 1.55. The summed E-state index contributed by atoms with van der Waals surface area (Å²) in [5, 5.41) is 0. The first kappa shape index (κ1) is 12.9. The second-order valence-electron chi connectivity index (χ2n) is 4.22. The zero-order valence-corrected chi connectivity index (χ0v) is 11.4. The van der Waals surface area contributed by atoms with Crippen molar-refractivity contribution in [3.63, 3.8) is 0 Å². The molecular formula is C16H17NS. The predicted molar refractivity (Wildman–Crippen MR) is 80.2 cm³/mol. The van der Waals surface area contributed by atoms with Gasteiger partial charge in [-0.05, 0) is 37.5 Å². The minimum atomic E-state index is 1.02. The minimum Gasteiger partial charge on any atom is -0.221 e. The highest BCUT2D eigenvalue weighted by molar-refractivity contribution is 7.98. The lowest BCUT2D eigenvalue weighted by molar-refractivity contribution is 1.04. The van der Waals surface area contributed by atoms with Crippen LogP contribution in [0, 0.1) is 0 Å². The molecule has 0 aliphatic carbocycles. The van der Waals surface area contributed by atoms with Crippen molar-refractivity contribution in [2.24, 2.45) is 4.40 Å². The van der Waals surface area contributed by atoms with Gasteiger partial charge in [0.05, 0.1) is 0 Å². The van der Waals surface area contributed by atoms with Gasteiger partial charge in [0.1, 0.15) is 0 Å². The van der Waals surface area contributed by atoms with Gasteiger partial charge < -0.3 is 0 Å². The highest BCUT2D eigenvalue weighted by Crippen LogP contribution is 2.19. The molecular weight excluding hydrogens is 238 g/mol. The van der Waals surface area contributed by atoms with E-state index in [1.807, 2.05) is 18.2 Å². The Bertz CT molecular complexity index is 491. The molecule has 2 heteroatoms. The average Bonchev–Trinajstić information content (AvgIpc) is 2.45. The van der Waals surface area contributed by atoms with Crippen LogP contribution in [0.3, 0.4) is 0 Å². The minimum absolute atomic E-state index is 1.02. The Hall–Kier alpha value is -1.54. The third-order valence-corrected chi connectivity index (χ3v) is 3.55. The molecule has 2 rings (SSSR count). The van der Waals surface area contributed by atoms with Gasteiger partial charge >= 0.3 is 0 Å². The van der Waals surface area contributed by atoms with Gasteiger partial charge in [-0.3, -0.25) is 0 Å². The van der Waals surface area contributed by atoms with Gasteiger partial charge in [0.25, 0.3) is 0 Å². The Labute approximate surface area is 113 Å². The molecule has 0 unspecified atom stereocenters. The Morgan fingerprint density at radius 2 is 1.56 bits per heavy atom. The number of nitrogens with zero attached hydrogens (tertiary/aromatic N) is 1. The molecule has 0 radical (unpaired) electrons. The van der Waals surface area contributed by atoms with E-state index in [2.05, 4.69) is 53.8 Å². The van der Waals surface area contributed by atoms with Crippen LogP contribution in [0.15, 0.2) is 70.0 Å². The average molecular weight is 255 g/mol. The first-order valence-electron chi connectivity index (χ1n) is 6.14. The standard InChI is InChI=1S/C16H17NS/c1-14(12-13-15-8-4-2-5-9-15)17-18-16-10-6-3-7-11-16/h2-11H,12-13H2,1H3/b17-14+. The van der Waals surface area contributed by atoms with Crippen LogP contribution in [-0.4, -0.2) is 5.71 Å². The van der Waals surface area contributed by atoms with E-state index in [9.17, 15) is 0 Å². The van der Waals surface area contributed by atoms with Crippen LogP contribution in [0.1, 0.15) is 18.9 Å². The van der Waals surface area contributed by atoms with Crippen molar-refractivity contribution in [2.75, 3.05) is 0 Å². The molecule has 0 saturated heterocycles. The second-order valence-corrected chi connectivity index (χ2v) is 5.05. The van der Waals surface area contributed by atoms with Gasteiger partial charge in [0.2, 0.25) is 0 Å². The lowest BCUT2D eigenvalue weighted by Crippen LogP contribution is -1.94. The highest BCUT2D eigenvalue weighted by Gasteiger charge is 1.96. The predicted octanol–water partition coefficient (Wildman–Crippen LogP) is 4.79. The Kier molecular flexibility index (Phi) is 5.03. The normalized spacial score (nSPS) is 11.5. The Morgan fingerprint density at radius 3 is 2.22 bits per heavy atom. The summed E-state index contributed by atoms with van der Waals surface area (Å²) in [7, 11) is 0. The smallest absolute Gasteiger partial charge is 0.0305 e. The first-order valence-corrected chi connectivity index (χ1v) is 6.91. The van der Waals surface area contributed by atoms with Crippen LogP contribution >= 0.6 is 11.9 Å². The van der Waals surface area contributed by atoms with Crippen LogP contribution in [0.25, 0.3) is 0 Å². The van der Waals surface area contributed by atoms with E-state index in [4.69, 9.17) is 0 Å². The zero-order valence-electron chi connectivity index (χ0n) is 10.5. The molecule has 92 valence electrons. The van der Waals surface area contributed by atoms with E-state index in [-0.39, 0.29) is 0 Å². The number of hydrogen-bond acceptors (Lipinski definition) is 2. The molecule has 1 nitrogen and oxygen atoms in total. The molecule has 0 atom stereocenters. The fraction of sp³-hybridized carbons (Fsp3) is 0.188. The summed E-state index contributed by atoms with van der Waals surface area (Å²) in [5.41, 5.74) is 2.56. The van der Waals surface area contributed by atoms with Crippen LogP contribution in [0.4, 0.5) is 0 Å². The molecule has 0 fully saturated rings. The molecule has 0 N–H and O–H groups in total. The van der Waals surface area contributed by atoms with Gasteiger partial charge in [-0.2, -0.15) is 0 Å². The molecule has 2 aromatic rings. The van der Waals surface area contributed by atoms with E-state index < -0.39 is 0 Å². The van der Waals surface area contributed by atoms with E-state index >= 15 is 0 Å². The maximum atomic E-state index is 4.54. The highest BCUT2D eigenvalue weighted by atomic mass is 32.2. The lowest BCUT2D eigenvalue weighted by atomic mass is 10.1. The van der Waals surface area contributed by atoms with Crippen LogP contribution < -0.4 is 0 Å². The first-order chi connectivity index (χ1) is 8.84. The summed E-state index contributed by atoms with van der Waals surface area (Å²) in [6.07, 6.45) is 2.08. The molecule has 0 spiro atoms. The summed E-state index contributed by atoms with van der Waals surface area (Å²) in [6.45, 7) is 2.10. The van der Waals surface area contributed by atoms with E-state index in [0.29, 0.717) is 0 Å². The fourth-order valence-corrected chi connectivity index (χ4v) is 2.26. The Morgan fingerprint density at radius 1 is 0.944 bits per heavy atom. The SMILES string of the molecule is C/C(CCc1ccccc1)=N\Sc1ccccc1. The van der Waals surface area contributed by atoms with E-state index in [0.717, 1.165) is 12.8 Å². The van der Waals surface area contributed by atoms with Gasteiger partial charge in [0.15, 0.2) is 0 Å². The fourth-order valence-electron chi connectivity index (χ4n) is 1.63. The summed E-state index contributed by atoms with van der Waals surface area (Å²) in [5.74, 6) is 0. The molecule has 2 aromatic carbocycles. The molecule has 0 saturated carbocycles. The van der Waals surface area contributed by atoms with E-state index in [1.165, 1.54) is 16.2 Å². The van der Waals surface area contributed by atoms with Crippen molar-refractivity contribution in [1.29, 1.82) is 0 Å². The van der Waals surface area contributed by atoms with Crippen LogP contribution in [0.2, 0.25) is 0 Å². The molecule has 0 aliphatic rings.